The number of hydrogen-bond acceptors (Lipinski definition) is 3. The summed E-state index contributed by atoms with van der Waals surface area (Å²) in [4.78, 5) is 11.7. The van der Waals surface area contributed by atoms with Gasteiger partial charge in [-0.1, -0.05) is 17.7 Å². The van der Waals surface area contributed by atoms with Gasteiger partial charge < -0.3 is 5.32 Å². The lowest BCUT2D eigenvalue weighted by Crippen LogP contribution is -2.17. The van der Waals surface area contributed by atoms with Gasteiger partial charge in [-0.2, -0.15) is 0 Å². The Kier molecular flexibility index (Phi) is 2.50. The molecule has 0 aliphatic carbocycles. The van der Waals surface area contributed by atoms with Crippen LogP contribution in [0, 0.1) is 6.92 Å². The molecule has 2 heterocycles. The lowest BCUT2D eigenvalue weighted by molar-refractivity contribution is 0.0965. The first-order valence-corrected chi connectivity index (χ1v) is 7.25. The molecule has 3 rings (SSSR count). The summed E-state index contributed by atoms with van der Waals surface area (Å²) >= 11 is 0. The average molecular weight is 276 g/mol. The Balaban J connectivity index is 2.14. The third kappa shape index (κ3) is 1.76. The van der Waals surface area contributed by atoms with E-state index >= 15 is 0 Å². The van der Waals surface area contributed by atoms with E-state index in [1.54, 1.807) is 24.3 Å². The molecular weight excluding hydrogens is 264 g/mol. The van der Waals surface area contributed by atoms with Gasteiger partial charge in [0.15, 0.2) is 0 Å². The molecule has 1 N–H and O–H groups in total. The highest BCUT2D eigenvalue weighted by molar-refractivity contribution is 7.90. The van der Waals surface area contributed by atoms with Gasteiger partial charge in [0, 0.05) is 6.20 Å². The van der Waals surface area contributed by atoms with Crippen LogP contribution in [0.4, 0.5) is 0 Å². The monoisotopic (exact) mass is 276 g/mol. The summed E-state index contributed by atoms with van der Waals surface area (Å²) in [6.45, 7) is 2.14. The number of benzene rings is 1. The molecule has 19 heavy (non-hydrogen) atoms. The SMILES string of the molecule is Cc1ccc(S(=O)(=O)n2ccc3c2CNC3=O)cc1. The molecule has 1 aliphatic heterocycles. The third-order valence-electron chi connectivity index (χ3n) is 3.19. The lowest BCUT2D eigenvalue weighted by atomic mass is 10.2. The van der Waals surface area contributed by atoms with Crippen molar-refractivity contribution in [3.8, 4) is 0 Å². The predicted molar refractivity (Wildman–Crippen MR) is 69.4 cm³/mol. The van der Waals surface area contributed by atoms with Crippen molar-refractivity contribution < 1.29 is 13.2 Å². The van der Waals surface area contributed by atoms with Gasteiger partial charge in [-0.05, 0) is 25.1 Å². The second kappa shape index (κ2) is 3.96. The molecule has 0 fully saturated rings. The minimum absolute atomic E-state index is 0.218. The van der Waals surface area contributed by atoms with Crippen molar-refractivity contribution in [3.05, 3.63) is 53.3 Å². The predicted octanol–water partition coefficient (Wildman–Crippen LogP) is 1.28. The fourth-order valence-electron chi connectivity index (χ4n) is 2.14. The lowest BCUT2D eigenvalue weighted by Gasteiger charge is -2.09. The number of carbonyl (C=O) groups is 1. The summed E-state index contributed by atoms with van der Waals surface area (Å²) in [6, 6.07) is 8.17. The fourth-order valence-corrected chi connectivity index (χ4v) is 3.52. The van der Waals surface area contributed by atoms with Crippen LogP contribution in [0.5, 0.6) is 0 Å². The van der Waals surface area contributed by atoms with Crippen molar-refractivity contribution in [2.45, 2.75) is 18.4 Å². The van der Waals surface area contributed by atoms with Gasteiger partial charge in [-0.25, -0.2) is 12.4 Å². The number of amides is 1. The van der Waals surface area contributed by atoms with Gasteiger partial charge in [0.2, 0.25) is 0 Å². The van der Waals surface area contributed by atoms with Gasteiger partial charge in [0.1, 0.15) is 0 Å². The van der Waals surface area contributed by atoms with Crippen molar-refractivity contribution in [1.82, 2.24) is 9.29 Å². The number of fused-ring (bicyclic) bond motifs is 1. The van der Waals surface area contributed by atoms with Gasteiger partial charge in [-0.15, -0.1) is 0 Å². The van der Waals surface area contributed by atoms with Crippen LogP contribution in [0.25, 0.3) is 0 Å². The molecule has 1 amide bonds. The molecule has 6 heteroatoms. The molecule has 1 aliphatic rings. The normalized spacial score (nSPS) is 14.3. The van der Waals surface area contributed by atoms with Crippen LogP contribution in [-0.4, -0.2) is 18.3 Å². The zero-order valence-corrected chi connectivity index (χ0v) is 11.1. The maximum Gasteiger partial charge on any atom is 0.267 e. The van der Waals surface area contributed by atoms with Crippen LogP contribution in [0.15, 0.2) is 41.4 Å². The number of rotatable bonds is 2. The zero-order chi connectivity index (χ0) is 13.6. The van der Waals surface area contributed by atoms with E-state index in [2.05, 4.69) is 5.32 Å². The molecule has 0 unspecified atom stereocenters. The Morgan fingerprint density at radius 1 is 1.16 bits per heavy atom. The molecular formula is C13H12N2O3S. The number of carbonyl (C=O) groups excluding carboxylic acids is 1. The fraction of sp³-hybridized carbons (Fsp3) is 0.154. The molecule has 0 saturated carbocycles. The van der Waals surface area contributed by atoms with Crippen molar-refractivity contribution in [2.24, 2.45) is 0 Å². The minimum atomic E-state index is -3.64. The van der Waals surface area contributed by atoms with E-state index in [9.17, 15) is 13.2 Å². The van der Waals surface area contributed by atoms with Crippen molar-refractivity contribution in [2.75, 3.05) is 0 Å². The summed E-state index contributed by atoms with van der Waals surface area (Å²) in [5.41, 5.74) is 1.91. The van der Waals surface area contributed by atoms with Crippen molar-refractivity contribution in [3.63, 3.8) is 0 Å². The maximum atomic E-state index is 12.5. The number of nitrogens with one attached hydrogen (secondary N) is 1. The zero-order valence-electron chi connectivity index (χ0n) is 10.3. The molecule has 5 nitrogen and oxygen atoms in total. The molecule has 2 aromatic rings. The Hall–Kier alpha value is -2.08. The second-order valence-electron chi connectivity index (χ2n) is 4.47. The van der Waals surface area contributed by atoms with E-state index in [0.29, 0.717) is 11.3 Å². The molecule has 0 radical (unpaired) electrons. The highest BCUT2D eigenvalue weighted by atomic mass is 32.2. The third-order valence-corrected chi connectivity index (χ3v) is 4.92. The van der Waals surface area contributed by atoms with Gasteiger partial charge in [-0.3, -0.25) is 4.79 Å². The largest absolute Gasteiger partial charge is 0.346 e. The highest BCUT2D eigenvalue weighted by Crippen LogP contribution is 2.23. The Labute approximate surface area is 110 Å². The first-order valence-electron chi connectivity index (χ1n) is 5.81. The molecule has 98 valence electrons. The van der Waals surface area contributed by atoms with Crippen LogP contribution in [0.1, 0.15) is 21.6 Å². The summed E-state index contributed by atoms with van der Waals surface area (Å²) in [5, 5.41) is 2.61. The van der Waals surface area contributed by atoms with Crippen LogP contribution in [0.3, 0.4) is 0 Å². The minimum Gasteiger partial charge on any atom is -0.346 e. The van der Waals surface area contributed by atoms with E-state index < -0.39 is 10.0 Å². The van der Waals surface area contributed by atoms with E-state index in [-0.39, 0.29) is 17.3 Å². The summed E-state index contributed by atoms with van der Waals surface area (Å²) in [6.07, 6.45) is 1.43. The van der Waals surface area contributed by atoms with Crippen LogP contribution in [-0.2, 0) is 16.6 Å². The summed E-state index contributed by atoms with van der Waals surface area (Å²) < 4.78 is 26.2. The average Bonchev–Trinajstić information content (AvgIpc) is 2.93. The van der Waals surface area contributed by atoms with Crippen LogP contribution >= 0.6 is 0 Å². The van der Waals surface area contributed by atoms with Gasteiger partial charge >= 0.3 is 0 Å². The summed E-state index contributed by atoms with van der Waals surface area (Å²) in [7, 11) is -3.64. The number of nitrogens with zero attached hydrogens (tertiary/aromatic N) is 1. The first-order chi connectivity index (χ1) is 9.00. The maximum absolute atomic E-state index is 12.5. The number of aryl methyl sites for hydroxylation is 1. The van der Waals surface area contributed by atoms with E-state index in [1.165, 1.54) is 16.2 Å². The molecule has 0 bridgehead atoms. The molecule has 1 aromatic heterocycles. The molecule has 0 spiro atoms. The van der Waals surface area contributed by atoms with Crippen molar-refractivity contribution in [1.29, 1.82) is 0 Å². The van der Waals surface area contributed by atoms with E-state index in [1.807, 2.05) is 6.92 Å². The first kappa shape index (κ1) is 12.0. The highest BCUT2D eigenvalue weighted by Gasteiger charge is 2.28. The Morgan fingerprint density at radius 3 is 2.53 bits per heavy atom. The van der Waals surface area contributed by atoms with E-state index in [0.717, 1.165) is 5.56 Å². The Morgan fingerprint density at radius 2 is 1.84 bits per heavy atom. The van der Waals surface area contributed by atoms with Gasteiger partial charge in [0.05, 0.1) is 22.7 Å². The molecule has 0 saturated heterocycles. The van der Waals surface area contributed by atoms with E-state index in [4.69, 9.17) is 0 Å². The quantitative estimate of drug-likeness (QED) is 0.898. The van der Waals surface area contributed by atoms with Gasteiger partial charge in [0.25, 0.3) is 15.9 Å². The topological polar surface area (TPSA) is 68.2 Å². The van der Waals surface area contributed by atoms with Crippen LogP contribution in [0.2, 0.25) is 0 Å². The molecule has 0 atom stereocenters. The standard InChI is InChI=1S/C13H12N2O3S/c1-9-2-4-10(5-3-9)19(17,18)15-7-6-11-12(15)8-14-13(11)16/h2-7H,8H2,1H3,(H,14,16). The molecule has 1 aromatic carbocycles. The number of hydrogen-bond donors (Lipinski definition) is 1. The smallest absolute Gasteiger partial charge is 0.267 e. The Bertz CT molecular complexity index is 758. The van der Waals surface area contributed by atoms with Crippen molar-refractivity contribution >= 4 is 15.9 Å². The van der Waals surface area contributed by atoms with Crippen LogP contribution < -0.4 is 5.32 Å². The summed E-state index contributed by atoms with van der Waals surface area (Å²) in [5.74, 6) is -0.229. The second-order valence-corrected chi connectivity index (χ2v) is 6.29. The number of aromatic nitrogens is 1.